The molecule has 1 N–H and O–H groups in total. The van der Waals surface area contributed by atoms with Gasteiger partial charge in [0.2, 0.25) is 18.6 Å². The van der Waals surface area contributed by atoms with Crippen molar-refractivity contribution >= 4 is 35.1 Å². The first-order valence-corrected chi connectivity index (χ1v) is 9.68. The third-order valence-electron chi connectivity index (χ3n) is 5.38. The Morgan fingerprint density at radius 3 is 2.27 bits per heavy atom. The largest absolute Gasteiger partial charge is 0.454 e. The highest BCUT2D eigenvalue weighted by Crippen LogP contribution is 2.37. The summed E-state index contributed by atoms with van der Waals surface area (Å²) in [4.78, 5) is 40.8. The van der Waals surface area contributed by atoms with Gasteiger partial charge in [-0.1, -0.05) is 17.7 Å². The predicted octanol–water partition coefficient (Wildman–Crippen LogP) is 2.76. The van der Waals surface area contributed by atoms with Gasteiger partial charge in [-0.15, -0.1) is 0 Å². The highest BCUT2D eigenvalue weighted by Gasteiger charge is 2.55. The number of urea groups is 1. The first-order valence-electron chi connectivity index (χ1n) is 9.30. The zero-order valence-electron chi connectivity index (χ0n) is 16.5. The number of nitrogens with one attached hydrogen (secondary N) is 1. The number of anilines is 1. The van der Waals surface area contributed by atoms with Crippen molar-refractivity contribution < 1.29 is 23.9 Å². The number of imide groups is 2. The second-order valence-corrected chi connectivity index (χ2v) is 7.75. The van der Waals surface area contributed by atoms with Gasteiger partial charge in [0.25, 0.3) is 0 Å². The number of benzene rings is 2. The van der Waals surface area contributed by atoms with Gasteiger partial charge in [-0.3, -0.25) is 19.4 Å². The van der Waals surface area contributed by atoms with Crippen molar-refractivity contribution in [3.05, 3.63) is 53.1 Å². The van der Waals surface area contributed by atoms with Crippen LogP contribution in [0.1, 0.15) is 5.56 Å². The maximum Gasteiger partial charge on any atom is 0.332 e. The first kappa shape index (κ1) is 20.0. The summed E-state index contributed by atoms with van der Waals surface area (Å²) in [6.07, 6.45) is 0.0872. The lowest BCUT2D eigenvalue weighted by Gasteiger charge is -2.42. The van der Waals surface area contributed by atoms with Crippen LogP contribution in [0.3, 0.4) is 0 Å². The van der Waals surface area contributed by atoms with Crippen LogP contribution in [0.5, 0.6) is 11.5 Å². The summed E-state index contributed by atoms with van der Waals surface area (Å²) in [5, 5.41) is 3.73. The standard InChI is InChI=1S/C21H20ClN3O5/c1-24-18(26)21(19(27)25(2)20(24)28,11-23-15-6-4-14(22)5-7-15)10-13-3-8-16-17(9-13)30-12-29-16/h3-9,23H,10-12H2,1-2H3. The first-order chi connectivity index (χ1) is 14.3. The molecule has 0 bridgehead atoms. The van der Waals surface area contributed by atoms with E-state index in [0.29, 0.717) is 22.2 Å². The Labute approximate surface area is 178 Å². The zero-order valence-corrected chi connectivity index (χ0v) is 17.2. The predicted molar refractivity (Wildman–Crippen MR) is 110 cm³/mol. The molecular weight excluding hydrogens is 410 g/mol. The van der Waals surface area contributed by atoms with Gasteiger partial charge in [0.1, 0.15) is 5.41 Å². The number of nitrogens with zero attached hydrogens (tertiary/aromatic N) is 2. The minimum atomic E-state index is -1.51. The van der Waals surface area contributed by atoms with E-state index >= 15 is 0 Å². The fraction of sp³-hybridized carbons (Fsp3) is 0.286. The molecule has 8 nitrogen and oxygen atoms in total. The quantitative estimate of drug-likeness (QED) is 0.735. The van der Waals surface area contributed by atoms with Gasteiger partial charge in [0.05, 0.1) is 0 Å². The second-order valence-electron chi connectivity index (χ2n) is 7.32. The average molecular weight is 430 g/mol. The molecule has 2 aliphatic heterocycles. The van der Waals surface area contributed by atoms with E-state index in [9.17, 15) is 14.4 Å². The Kier molecular flexibility index (Phi) is 5.03. The Balaban J connectivity index is 1.70. The molecule has 2 aromatic carbocycles. The van der Waals surface area contributed by atoms with E-state index < -0.39 is 23.3 Å². The SMILES string of the molecule is CN1C(=O)N(C)C(=O)C(CNc2ccc(Cl)cc2)(Cc2ccc3c(c2)OCO3)C1=O. The molecule has 0 saturated carbocycles. The molecule has 0 aliphatic carbocycles. The molecule has 0 atom stereocenters. The number of ether oxygens (including phenoxy) is 2. The number of carbonyl (C=O) groups is 3. The smallest absolute Gasteiger partial charge is 0.332 e. The monoisotopic (exact) mass is 429 g/mol. The number of hydrogen-bond acceptors (Lipinski definition) is 6. The third-order valence-corrected chi connectivity index (χ3v) is 5.64. The summed E-state index contributed by atoms with van der Waals surface area (Å²) < 4.78 is 10.8. The number of rotatable bonds is 5. The highest BCUT2D eigenvalue weighted by atomic mass is 35.5. The van der Waals surface area contributed by atoms with Gasteiger partial charge in [0.15, 0.2) is 11.5 Å². The fourth-order valence-corrected chi connectivity index (χ4v) is 3.84. The van der Waals surface area contributed by atoms with Crippen molar-refractivity contribution in [3.8, 4) is 11.5 Å². The molecule has 0 unspecified atom stereocenters. The maximum absolute atomic E-state index is 13.3. The van der Waals surface area contributed by atoms with Gasteiger partial charge in [-0.25, -0.2) is 4.79 Å². The van der Waals surface area contributed by atoms with Crippen molar-refractivity contribution in [1.82, 2.24) is 9.80 Å². The Morgan fingerprint density at radius 2 is 1.60 bits per heavy atom. The van der Waals surface area contributed by atoms with Crippen LogP contribution in [-0.2, 0) is 16.0 Å². The summed E-state index contributed by atoms with van der Waals surface area (Å²) in [7, 11) is 2.76. The molecule has 156 valence electrons. The summed E-state index contributed by atoms with van der Waals surface area (Å²) in [6, 6.07) is 11.6. The van der Waals surface area contributed by atoms with Crippen molar-refractivity contribution in [2.75, 3.05) is 32.7 Å². The Morgan fingerprint density at radius 1 is 0.967 bits per heavy atom. The van der Waals surface area contributed by atoms with Gasteiger partial charge < -0.3 is 14.8 Å². The number of halogens is 1. The minimum absolute atomic E-state index is 0.00268. The zero-order chi connectivity index (χ0) is 21.5. The fourth-order valence-electron chi connectivity index (χ4n) is 3.72. The van der Waals surface area contributed by atoms with Crippen LogP contribution in [0.15, 0.2) is 42.5 Å². The molecule has 0 spiro atoms. The maximum atomic E-state index is 13.3. The normalized spacial score (nSPS) is 17.5. The number of amides is 4. The molecule has 9 heteroatoms. The molecule has 1 saturated heterocycles. The average Bonchev–Trinajstić information content (AvgIpc) is 3.22. The molecule has 4 rings (SSSR count). The molecule has 30 heavy (non-hydrogen) atoms. The molecule has 2 aliphatic rings. The Bertz CT molecular complexity index is 1000. The van der Waals surface area contributed by atoms with Crippen molar-refractivity contribution in [1.29, 1.82) is 0 Å². The lowest BCUT2D eigenvalue weighted by Crippen LogP contribution is -2.65. The van der Waals surface area contributed by atoms with Crippen LogP contribution in [0.25, 0.3) is 0 Å². The van der Waals surface area contributed by atoms with E-state index in [2.05, 4.69) is 5.32 Å². The summed E-state index contributed by atoms with van der Waals surface area (Å²) in [5.41, 5.74) is -0.0904. The lowest BCUT2D eigenvalue weighted by molar-refractivity contribution is -0.156. The van der Waals surface area contributed by atoms with Crippen molar-refractivity contribution in [3.63, 3.8) is 0 Å². The van der Waals surface area contributed by atoms with E-state index in [1.165, 1.54) is 14.1 Å². The topological polar surface area (TPSA) is 88.2 Å². The van der Waals surface area contributed by atoms with Gasteiger partial charge in [-0.2, -0.15) is 0 Å². The molecular formula is C21H20ClN3O5. The molecule has 0 radical (unpaired) electrons. The van der Waals surface area contributed by atoms with Crippen LogP contribution >= 0.6 is 11.6 Å². The van der Waals surface area contributed by atoms with Gasteiger partial charge in [0, 0.05) is 31.4 Å². The van der Waals surface area contributed by atoms with Crippen LogP contribution < -0.4 is 14.8 Å². The lowest BCUT2D eigenvalue weighted by atomic mass is 9.77. The van der Waals surface area contributed by atoms with Crippen molar-refractivity contribution in [2.45, 2.75) is 6.42 Å². The van der Waals surface area contributed by atoms with Crippen LogP contribution in [-0.4, -0.2) is 55.1 Å². The number of hydrogen-bond donors (Lipinski definition) is 1. The molecule has 0 aromatic heterocycles. The van der Waals surface area contributed by atoms with E-state index in [-0.39, 0.29) is 19.8 Å². The molecule has 2 aromatic rings. The number of barbiturate groups is 1. The third kappa shape index (κ3) is 3.33. The van der Waals surface area contributed by atoms with Crippen LogP contribution in [0.4, 0.5) is 10.5 Å². The van der Waals surface area contributed by atoms with Crippen LogP contribution in [0, 0.1) is 5.41 Å². The molecule has 1 fully saturated rings. The van der Waals surface area contributed by atoms with Crippen molar-refractivity contribution in [2.24, 2.45) is 5.41 Å². The van der Waals surface area contributed by atoms with E-state index in [1.807, 2.05) is 0 Å². The summed E-state index contributed by atoms with van der Waals surface area (Å²) in [6.45, 7) is 0.128. The summed E-state index contributed by atoms with van der Waals surface area (Å²) in [5.74, 6) is 0.0454. The second kappa shape index (κ2) is 7.53. The molecule has 4 amide bonds. The van der Waals surface area contributed by atoms with E-state index in [4.69, 9.17) is 21.1 Å². The molecule has 2 heterocycles. The Hall–Kier alpha value is -3.26. The van der Waals surface area contributed by atoms with E-state index in [0.717, 1.165) is 15.4 Å². The highest BCUT2D eigenvalue weighted by molar-refractivity contribution is 6.30. The van der Waals surface area contributed by atoms with Gasteiger partial charge >= 0.3 is 6.03 Å². The summed E-state index contributed by atoms with van der Waals surface area (Å²) >= 11 is 5.93. The minimum Gasteiger partial charge on any atom is -0.454 e. The van der Waals surface area contributed by atoms with E-state index in [1.54, 1.807) is 42.5 Å². The van der Waals surface area contributed by atoms with Crippen LogP contribution in [0.2, 0.25) is 5.02 Å². The number of fused-ring (bicyclic) bond motifs is 1. The van der Waals surface area contributed by atoms with Gasteiger partial charge in [-0.05, 0) is 48.4 Å². The number of carbonyl (C=O) groups excluding carboxylic acids is 3.